The predicted molar refractivity (Wildman–Crippen MR) is 68.8 cm³/mol. The molecule has 4 nitrogen and oxygen atoms in total. The van der Waals surface area contributed by atoms with Crippen molar-refractivity contribution >= 4 is 17.6 Å². The molecule has 0 aliphatic rings. The van der Waals surface area contributed by atoms with E-state index in [0.717, 1.165) is 28.3 Å². The molecule has 0 radical (unpaired) electrons. The lowest BCUT2D eigenvalue weighted by molar-refractivity contribution is 0.861. The number of anilines is 1. The number of hydrogen-bond donors (Lipinski definition) is 1. The van der Waals surface area contributed by atoms with Crippen molar-refractivity contribution in [1.82, 2.24) is 15.0 Å². The van der Waals surface area contributed by atoms with Crippen molar-refractivity contribution in [2.45, 2.75) is 29.7 Å². The number of nitrogen functional groups attached to an aromatic ring is 1. The Hall–Kier alpha value is -1.62. The van der Waals surface area contributed by atoms with Gasteiger partial charge in [-0.15, -0.1) is 0 Å². The minimum atomic E-state index is 0.582. The Morgan fingerprint density at radius 1 is 1.24 bits per heavy atom. The number of hydrogen-bond acceptors (Lipinski definition) is 5. The van der Waals surface area contributed by atoms with Crippen molar-refractivity contribution in [2.24, 2.45) is 0 Å². The molecule has 2 heterocycles. The molecule has 2 rings (SSSR count). The number of rotatable bonds is 4. The fraction of sp³-hybridized carbons (Fsp3) is 0.250. The van der Waals surface area contributed by atoms with Crippen LogP contribution >= 0.6 is 11.8 Å². The molecular formula is C12H14N4S. The van der Waals surface area contributed by atoms with Gasteiger partial charge < -0.3 is 5.73 Å². The van der Waals surface area contributed by atoms with Crippen LogP contribution in [0, 0.1) is 0 Å². The predicted octanol–water partition coefficient (Wildman–Crippen LogP) is 2.56. The van der Waals surface area contributed by atoms with E-state index in [9.17, 15) is 0 Å². The molecular weight excluding hydrogens is 232 g/mol. The summed E-state index contributed by atoms with van der Waals surface area (Å²) in [5.74, 6) is 0.582. The maximum absolute atomic E-state index is 5.88. The highest BCUT2D eigenvalue weighted by Gasteiger charge is 2.09. The van der Waals surface area contributed by atoms with Gasteiger partial charge >= 0.3 is 0 Å². The number of aromatic nitrogens is 3. The minimum Gasteiger partial charge on any atom is -0.383 e. The molecule has 0 fully saturated rings. The van der Waals surface area contributed by atoms with E-state index in [0.29, 0.717) is 5.82 Å². The lowest BCUT2D eigenvalue weighted by Gasteiger charge is -2.08. The Labute approximate surface area is 105 Å². The van der Waals surface area contributed by atoms with E-state index in [-0.39, 0.29) is 0 Å². The first kappa shape index (κ1) is 11.9. The lowest BCUT2D eigenvalue weighted by Crippen LogP contribution is -2.01. The summed E-state index contributed by atoms with van der Waals surface area (Å²) in [6.07, 6.45) is 6.98. The van der Waals surface area contributed by atoms with E-state index in [4.69, 9.17) is 5.73 Å². The van der Waals surface area contributed by atoms with Crippen LogP contribution < -0.4 is 5.73 Å². The summed E-state index contributed by atoms with van der Waals surface area (Å²) in [5, 5.41) is 0.936. The van der Waals surface area contributed by atoms with E-state index >= 15 is 0 Å². The zero-order valence-electron chi connectivity index (χ0n) is 9.63. The van der Waals surface area contributed by atoms with Gasteiger partial charge in [0.1, 0.15) is 17.2 Å². The zero-order valence-corrected chi connectivity index (χ0v) is 10.4. The van der Waals surface area contributed by atoms with Crippen LogP contribution in [0.4, 0.5) is 5.82 Å². The van der Waals surface area contributed by atoms with Crippen molar-refractivity contribution in [3.05, 3.63) is 36.4 Å². The van der Waals surface area contributed by atoms with Gasteiger partial charge in [0.15, 0.2) is 0 Å². The fourth-order valence-corrected chi connectivity index (χ4v) is 2.41. The summed E-state index contributed by atoms with van der Waals surface area (Å²) in [6.45, 7) is 2.12. The summed E-state index contributed by atoms with van der Waals surface area (Å²) >= 11 is 1.60. The average molecular weight is 246 g/mol. The van der Waals surface area contributed by atoms with Crippen LogP contribution in [0.2, 0.25) is 0 Å². The largest absolute Gasteiger partial charge is 0.383 e. The van der Waals surface area contributed by atoms with Crippen LogP contribution in [0.1, 0.15) is 18.9 Å². The second-order valence-corrected chi connectivity index (χ2v) is 4.64. The molecule has 0 aromatic carbocycles. The third-order valence-electron chi connectivity index (χ3n) is 2.30. The number of nitrogens with zero attached hydrogens (tertiary/aromatic N) is 3. The molecule has 2 aromatic heterocycles. The zero-order chi connectivity index (χ0) is 12.1. The fourth-order valence-electron chi connectivity index (χ4n) is 1.50. The van der Waals surface area contributed by atoms with Gasteiger partial charge in [-0.05, 0) is 18.6 Å². The highest BCUT2D eigenvalue weighted by molar-refractivity contribution is 7.99. The molecule has 0 amide bonds. The summed E-state index contributed by atoms with van der Waals surface area (Å²) < 4.78 is 0. The molecule has 0 aliphatic carbocycles. The molecule has 0 atom stereocenters. The van der Waals surface area contributed by atoms with Gasteiger partial charge in [-0.3, -0.25) is 4.98 Å². The van der Waals surface area contributed by atoms with Crippen LogP contribution in [-0.4, -0.2) is 15.0 Å². The van der Waals surface area contributed by atoms with Crippen molar-refractivity contribution < 1.29 is 0 Å². The third kappa shape index (κ3) is 2.94. The Balaban J connectivity index is 2.29. The Bertz CT molecular complexity index is 487. The quantitative estimate of drug-likeness (QED) is 0.840. The number of pyridine rings is 1. The Kier molecular flexibility index (Phi) is 3.93. The summed E-state index contributed by atoms with van der Waals surface area (Å²) in [6, 6.07) is 3.91. The van der Waals surface area contributed by atoms with Gasteiger partial charge in [0, 0.05) is 22.9 Å². The minimum absolute atomic E-state index is 0.582. The van der Waals surface area contributed by atoms with E-state index in [1.165, 1.54) is 6.33 Å². The van der Waals surface area contributed by atoms with Crippen molar-refractivity contribution in [2.75, 3.05) is 5.73 Å². The first-order valence-corrected chi connectivity index (χ1v) is 6.30. The van der Waals surface area contributed by atoms with Gasteiger partial charge in [-0.2, -0.15) is 0 Å². The standard InChI is InChI=1S/C12H14N4S/c1-2-3-10-11(13)15-8-16-12(10)17-9-4-6-14-7-5-9/h4-8H,2-3H2,1H3,(H2,13,15,16). The van der Waals surface area contributed by atoms with Crippen molar-refractivity contribution in [1.29, 1.82) is 0 Å². The Morgan fingerprint density at radius 3 is 2.71 bits per heavy atom. The first-order valence-electron chi connectivity index (χ1n) is 5.48. The topological polar surface area (TPSA) is 64.7 Å². The second-order valence-electron chi connectivity index (χ2n) is 3.58. The maximum Gasteiger partial charge on any atom is 0.131 e. The van der Waals surface area contributed by atoms with Crippen molar-refractivity contribution in [3.8, 4) is 0 Å². The van der Waals surface area contributed by atoms with Crippen LogP contribution in [0.5, 0.6) is 0 Å². The van der Waals surface area contributed by atoms with Crippen LogP contribution in [0.3, 0.4) is 0 Å². The van der Waals surface area contributed by atoms with E-state index < -0.39 is 0 Å². The molecule has 0 unspecified atom stereocenters. The SMILES string of the molecule is CCCc1c(N)ncnc1Sc1ccncc1. The van der Waals surface area contributed by atoms with Gasteiger partial charge in [0.25, 0.3) is 0 Å². The molecule has 2 N–H and O–H groups in total. The van der Waals surface area contributed by atoms with Crippen LogP contribution in [0.15, 0.2) is 40.8 Å². The van der Waals surface area contributed by atoms with Gasteiger partial charge in [-0.1, -0.05) is 25.1 Å². The smallest absolute Gasteiger partial charge is 0.131 e. The van der Waals surface area contributed by atoms with E-state index in [1.54, 1.807) is 24.2 Å². The second kappa shape index (κ2) is 5.63. The first-order chi connectivity index (χ1) is 8.31. The molecule has 0 saturated heterocycles. The molecule has 5 heteroatoms. The Morgan fingerprint density at radius 2 is 2.00 bits per heavy atom. The molecule has 88 valence electrons. The molecule has 2 aromatic rings. The summed E-state index contributed by atoms with van der Waals surface area (Å²) in [4.78, 5) is 13.4. The van der Waals surface area contributed by atoms with Crippen LogP contribution in [0.25, 0.3) is 0 Å². The highest BCUT2D eigenvalue weighted by Crippen LogP contribution is 2.30. The summed E-state index contributed by atoms with van der Waals surface area (Å²) in [5.41, 5.74) is 6.92. The number of nitrogens with two attached hydrogens (primary N) is 1. The third-order valence-corrected chi connectivity index (χ3v) is 3.36. The van der Waals surface area contributed by atoms with E-state index in [1.807, 2.05) is 12.1 Å². The molecule has 0 aliphatic heterocycles. The van der Waals surface area contributed by atoms with Crippen molar-refractivity contribution in [3.63, 3.8) is 0 Å². The van der Waals surface area contributed by atoms with E-state index in [2.05, 4.69) is 21.9 Å². The van der Waals surface area contributed by atoms with Crippen LogP contribution in [-0.2, 0) is 6.42 Å². The molecule has 17 heavy (non-hydrogen) atoms. The molecule has 0 saturated carbocycles. The molecule has 0 bridgehead atoms. The lowest BCUT2D eigenvalue weighted by atomic mass is 10.2. The maximum atomic E-state index is 5.88. The van der Waals surface area contributed by atoms with Gasteiger partial charge in [-0.25, -0.2) is 9.97 Å². The highest BCUT2D eigenvalue weighted by atomic mass is 32.2. The van der Waals surface area contributed by atoms with Gasteiger partial charge in [0.2, 0.25) is 0 Å². The van der Waals surface area contributed by atoms with Gasteiger partial charge in [0.05, 0.1) is 0 Å². The monoisotopic (exact) mass is 246 g/mol. The normalized spacial score (nSPS) is 10.4. The molecule has 0 spiro atoms. The average Bonchev–Trinajstić information content (AvgIpc) is 2.35. The summed E-state index contributed by atoms with van der Waals surface area (Å²) in [7, 11) is 0.